The van der Waals surface area contributed by atoms with Gasteiger partial charge in [0.1, 0.15) is 32.0 Å². The van der Waals surface area contributed by atoms with Gasteiger partial charge in [0.2, 0.25) is 0 Å². The highest BCUT2D eigenvalue weighted by Crippen LogP contribution is 2.19. The molecule has 1 rings (SSSR count). The third-order valence-electron chi connectivity index (χ3n) is 5.12. The van der Waals surface area contributed by atoms with Crippen LogP contribution in [0.1, 0.15) is 0 Å². The van der Waals surface area contributed by atoms with Crippen molar-refractivity contribution >= 4 is 5.69 Å². The van der Waals surface area contributed by atoms with Crippen molar-refractivity contribution in [3.8, 4) is 5.75 Å². The second-order valence-corrected chi connectivity index (χ2v) is 8.68. The fourth-order valence-electron chi connectivity index (χ4n) is 3.11. The number of nitrogens with zero attached hydrogens (tertiary/aromatic N) is 1. The molecule has 14 nitrogen and oxygen atoms in total. The second kappa shape index (κ2) is 27.2. The van der Waals surface area contributed by atoms with Crippen molar-refractivity contribution in [3.05, 3.63) is 24.3 Å². The Hall–Kier alpha value is -1.66. The molecular formula is C27H49NO13. The van der Waals surface area contributed by atoms with Crippen LogP contribution in [0.4, 0.5) is 5.69 Å². The molecule has 0 heterocycles. The molecule has 0 radical (unpaired) electrons. The number of aliphatic hydroxyl groups excluding tert-OH is 4. The highest BCUT2D eigenvalue weighted by atomic mass is 16.7. The minimum Gasteiger partial charge on any atom is -0.491 e. The summed E-state index contributed by atoms with van der Waals surface area (Å²) in [5.74, 6) is 0.607. The molecule has 2 unspecified atom stereocenters. The van der Waals surface area contributed by atoms with Crippen molar-refractivity contribution in [1.82, 2.24) is 0 Å². The topological polar surface area (TPSA) is 167 Å². The van der Waals surface area contributed by atoms with Gasteiger partial charge in [0.25, 0.3) is 0 Å². The highest BCUT2D eigenvalue weighted by molar-refractivity contribution is 5.48. The van der Waals surface area contributed by atoms with E-state index in [4.69, 9.17) is 52.8 Å². The van der Waals surface area contributed by atoms with Gasteiger partial charge in [-0.3, -0.25) is 0 Å². The lowest BCUT2D eigenvalue weighted by Crippen LogP contribution is -2.32. The monoisotopic (exact) mass is 595 g/mol. The normalized spacial score (nSPS) is 12.9. The molecule has 240 valence electrons. The molecule has 0 saturated carbocycles. The Bertz CT molecular complexity index is 686. The lowest BCUT2D eigenvalue weighted by atomic mass is 10.2. The van der Waals surface area contributed by atoms with E-state index >= 15 is 0 Å². The quantitative estimate of drug-likeness (QED) is 0.0648. The minimum atomic E-state index is -0.790. The van der Waals surface area contributed by atoms with E-state index in [-0.39, 0.29) is 53.2 Å². The van der Waals surface area contributed by atoms with E-state index < -0.39 is 12.2 Å². The third kappa shape index (κ3) is 22.6. The molecule has 41 heavy (non-hydrogen) atoms. The van der Waals surface area contributed by atoms with Crippen LogP contribution in [0.15, 0.2) is 24.3 Å². The molecule has 0 bridgehead atoms. The average molecular weight is 596 g/mol. The van der Waals surface area contributed by atoms with Crippen LogP contribution in [-0.4, -0.2) is 159 Å². The maximum Gasteiger partial charge on any atom is 0.146 e. The number of aliphatic hydroxyl groups is 4. The van der Waals surface area contributed by atoms with Gasteiger partial charge in [-0.15, -0.1) is 0 Å². The van der Waals surface area contributed by atoms with Crippen molar-refractivity contribution in [3.63, 3.8) is 0 Å². The number of hydrogen-bond acceptors (Lipinski definition) is 14. The van der Waals surface area contributed by atoms with Crippen molar-refractivity contribution in [2.45, 2.75) is 12.2 Å². The van der Waals surface area contributed by atoms with Gasteiger partial charge in [0.15, 0.2) is 0 Å². The molecule has 0 fully saturated rings. The van der Waals surface area contributed by atoms with Gasteiger partial charge in [-0.05, 0) is 24.3 Å². The summed E-state index contributed by atoms with van der Waals surface area (Å²) in [6.45, 7) is 4.41. The molecule has 14 heteroatoms. The summed E-state index contributed by atoms with van der Waals surface area (Å²) in [6, 6.07) is 7.33. The van der Waals surface area contributed by atoms with Crippen LogP contribution in [0, 0.1) is 0 Å². The van der Waals surface area contributed by atoms with Gasteiger partial charge in [-0.2, -0.15) is 0 Å². The molecule has 0 spiro atoms. The van der Waals surface area contributed by atoms with E-state index in [0.29, 0.717) is 71.8 Å². The van der Waals surface area contributed by atoms with Crippen molar-refractivity contribution in [1.29, 1.82) is 0 Å². The van der Waals surface area contributed by atoms with E-state index in [1.807, 2.05) is 24.1 Å². The number of likely N-dealkylation sites (N-methyl/N-ethyl adjacent to an activating group) is 1. The van der Waals surface area contributed by atoms with Crippen LogP contribution >= 0.6 is 0 Å². The zero-order valence-corrected chi connectivity index (χ0v) is 24.1. The second-order valence-electron chi connectivity index (χ2n) is 8.68. The largest absolute Gasteiger partial charge is 0.491 e. The molecule has 1 aromatic rings. The van der Waals surface area contributed by atoms with E-state index in [0.717, 1.165) is 5.69 Å². The number of hydrogen-bond donors (Lipinski definition) is 4. The molecule has 0 aliphatic carbocycles. The maximum atomic E-state index is 10.2. The third-order valence-corrected chi connectivity index (χ3v) is 5.12. The zero-order valence-electron chi connectivity index (χ0n) is 24.1. The molecule has 4 N–H and O–H groups in total. The van der Waals surface area contributed by atoms with Crippen LogP contribution in [0.5, 0.6) is 5.75 Å². The lowest BCUT2D eigenvalue weighted by molar-refractivity contribution is -0.0873. The zero-order chi connectivity index (χ0) is 29.8. The average Bonchev–Trinajstić information content (AvgIpc) is 2.97. The Balaban J connectivity index is 2.04. The van der Waals surface area contributed by atoms with E-state index in [9.17, 15) is 10.2 Å². The van der Waals surface area contributed by atoms with Gasteiger partial charge in [-0.1, -0.05) is 0 Å². The van der Waals surface area contributed by atoms with Crippen LogP contribution in [0.3, 0.4) is 0 Å². The first-order valence-electron chi connectivity index (χ1n) is 13.7. The number of ether oxygens (including phenoxy) is 9. The summed E-state index contributed by atoms with van der Waals surface area (Å²) < 4.78 is 47.5. The van der Waals surface area contributed by atoms with Crippen molar-refractivity contribution < 1.29 is 63.1 Å². The molecule has 2 atom stereocenters. The minimum absolute atomic E-state index is 0.0117. The summed E-state index contributed by atoms with van der Waals surface area (Å²) in [5.41, 5.74) is 0.894. The fourth-order valence-corrected chi connectivity index (χ4v) is 3.11. The molecule has 1 aromatic carbocycles. The highest BCUT2D eigenvalue weighted by Gasteiger charge is 2.10. The first kappa shape index (κ1) is 37.4. The molecule has 0 aliphatic rings. The summed E-state index contributed by atoms with van der Waals surface area (Å²) in [6.07, 6.45) is -1.47. The summed E-state index contributed by atoms with van der Waals surface area (Å²) in [7, 11) is 1.87. The first-order valence-corrected chi connectivity index (χ1v) is 13.7. The predicted molar refractivity (Wildman–Crippen MR) is 148 cm³/mol. The Morgan fingerprint density at radius 3 is 1.49 bits per heavy atom. The number of anilines is 1. The van der Waals surface area contributed by atoms with Crippen molar-refractivity contribution in [2.24, 2.45) is 0 Å². The van der Waals surface area contributed by atoms with Gasteiger partial charge in [-0.25, -0.2) is 0 Å². The summed E-state index contributed by atoms with van der Waals surface area (Å²) in [5, 5.41) is 37.5. The summed E-state index contributed by atoms with van der Waals surface area (Å²) >= 11 is 0. The predicted octanol–water partition coefficient (Wildman–Crippen LogP) is -0.744. The molecule has 0 amide bonds. The van der Waals surface area contributed by atoms with Gasteiger partial charge < -0.3 is 68.0 Å². The van der Waals surface area contributed by atoms with Gasteiger partial charge in [0, 0.05) is 19.3 Å². The maximum absolute atomic E-state index is 10.2. The van der Waals surface area contributed by atoms with E-state index in [1.165, 1.54) is 0 Å². The SMILES string of the molecule is CN(CC(O)COCCOCOCCOCCO)c1ccc(OCC(O)COCCOCOCCOCCO)cc1. The molecule has 0 aliphatic heterocycles. The van der Waals surface area contributed by atoms with Crippen LogP contribution in [-0.2, 0) is 37.9 Å². The van der Waals surface area contributed by atoms with Crippen LogP contribution < -0.4 is 9.64 Å². The number of benzene rings is 1. The van der Waals surface area contributed by atoms with Crippen LogP contribution in [0.2, 0.25) is 0 Å². The standard InChI is InChI=1S/C27H49NO13/c1-28(18-25(31)19-35-12-16-39-22-37-14-10-33-8-6-29)24-2-4-27(5-3-24)41-21-26(32)20-36-13-17-40-23-38-15-11-34-9-7-30/h2-5,25-26,29-32H,6-23H2,1H3. The van der Waals surface area contributed by atoms with Crippen molar-refractivity contribution in [2.75, 3.05) is 131 Å². The van der Waals surface area contributed by atoms with Gasteiger partial charge in [0.05, 0.1) is 98.6 Å². The first-order chi connectivity index (χ1) is 20.1. The summed E-state index contributed by atoms with van der Waals surface area (Å²) in [4.78, 5) is 1.90. The lowest BCUT2D eigenvalue weighted by Gasteiger charge is -2.23. The Morgan fingerprint density at radius 2 is 1.00 bits per heavy atom. The smallest absolute Gasteiger partial charge is 0.146 e. The Labute approximate surface area is 242 Å². The van der Waals surface area contributed by atoms with E-state index in [2.05, 4.69) is 0 Å². The van der Waals surface area contributed by atoms with Gasteiger partial charge >= 0.3 is 0 Å². The molecule has 0 aromatic heterocycles. The molecular weight excluding hydrogens is 546 g/mol. The molecule has 0 saturated heterocycles. The van der Waals surface area contributed by atoms with E-state index in [1.54, 1.807) is 12.1 Å². The van der Waals surface area contributed by atoms with Crippen LogP contribution in [0.25, 0.3) is 0 Å². The fraction of sp³-hybridized carbons (Fsp3) is 0.778. The number of rotatable bonds is 30. The Kier molecular flexibility index (Phi) is 24.8. The Morgan fingerprint density at radius 1 is 0.561 bits per heavy atom.